The summed E-state index contributed by atoms with van der Waals surface area (Å²) in [5, 5.41) is 6.41. The zero-order valence-corrected chi connectivity index (χ0v) is 19.2. The average molecular weight is 463 g/mol. The van der Waals surface area contributed by atoms with E-state index in [2.05, 4.69) is 10.6 Å². The van der Waals surface area contributed by atoms with Gasteiger partial charge in [-0.05, 0) is 63.0 Å². The molecule has 0 radical (unpaired) electrons. The highest BCUT2D eigenvalue weighted by Crippen LogP contribution is 2.39. The van der Waals surface area contributed by atoms with Gasteiger partial charge in [0.2, 0.25) is 0 Å². The number of nitrogens with one attached hydrogen (secondary N) is 2. The Morgan fingerprint density at radius 2 is 1.94 bits per heavy atom. The van der Waals surface area contributed by atoms with Crippen LogP contribution in [0, 0.1) is 0 Å². The largest absolute Gasteiger partial charge is 0.490 e. The Balaban J connectivity index is 1.68. The number of aryl methyl sites for hydroxylation is 1. The number of anilines is 1. The van der Waals surface area contributed by atoms with Gasteiger partial charge >= 0.3 is 5.97 Å². The quantitative estimate of drug-likeness (QED) is 0.331. The number of para-hydroxylation sites is 1. The van der Waals surface area contributed by atoms with Crippen molar-refractivity contribution >= 4 is 45.5 Å². The first-order valence-electron chi connectivity index (χ1n) is 10.3. The lowest BCUT2D eigenvalue weighted by Crippen LogP contribution is -2.34. The number of hydrogen-bond acceptors (Lipinski definition) is 7. The molecule has 0 aliphatic heterocycles. The molecule has 3 rings (SSSR count). The smallest absolute Gasteiger partial charge is 0.341 e. The first-order chi connectivity index (χ1) is 15.0. The molecule has 7 nitrogen and oxygen atoms in total. The molecule has 2 aromatic rings. The third-order valence-corrected chi connectivity index (χ3v) is 6.09. The number of carbonyl (C=O) groups is 2. The third-order valence-electron chi connectivity index (χ3n) is 4.68. The van der Waals surface area contributed by atoms with Gasteiger partial charge < -0.3 is 19.5 Å². The molecule has 0 fully saturated rings. The average Bonchev–Trinajstić information content (AvgIpc) is 3.32. The Hall–Kier alpha value is -2.49. The van der Waals surface area contributed by atoms with Crippen LogP contribution in [0.25, 0.3) is 0 Å². The summed E-state index contributed by atoms with van der Waals surface area (Å²) in [6.07, 6.45) is 2.79. The minimum atomic E-state index is -0.397. The predicted molar refractivity (Wildman–Crippen MR) is 124 cm³/mol. The first kappa shape index (κ1) is 23.2. The normalized spacial score (nSPS) is 12.2. The molecule has 1 aliphatic rings. The summed E-state index contributed by atoms with van der Waals surface area (Å²) >= 11 is 6.83. The van der Waals surface area contributed by atoms with E-state index >= 15 is 0 Å². The maximum absolute atomic E-state index is 12.8. The molecule has 166 valence electrons. The number of ether oxygens (including phenoxy) is 3. The van der Waals surface area contributed by atoms with Gasteiger partial charge in [0.05, 0.1) is 24.3 Å². The van der Waals surface area contributed by atoms with E-state index in [0.717, 1.165) is 29.7 Å². The van der Waals surface area contributed by atoms with Gasteiger partial charge in [-0.15, -0.1) is 11.3 Å². The number of esters is 1. The molecule has 0 bridgehead atoms. The van der Waals surface area contributed by atoms with E-state index in [1.807, 2.05) is 6.92 Å². The van der Waals surface area contributed by atoms with Crippen molar-refractivity contribution in [2.45, 2.75) is 33.1 Å². The van der Waals surface area contributed by atoms with Crippen LogP contribution in [-0.2, 0) is 22.3 Å². The van der Waals surface area contributed by atoms with Crippen LogP contribution in [0.15, 0.2) is 24.3 Å². The van der Waals surface area contributed by atoms with E-state index in [4.69, 9.17) is 26.4 Å². The van der Waals surface area contributed by atoms with Crippen LogP contribution >= 0.6 is 23.6 Å². The van der Waals surface area contributed by atoms with Gasteiger partial charge in [0, 0.05) is 11.5 Å². The lowest BCUT2D eigenvalue weighted by Gasteiger charge is -2.13. The van der Waals surface area contributed by atoms with Crippen LogP contribution in [-0.4, -0.2) is 43.4 Å². The van der Waals surface area contributed by atoms with E-state index in [1.165, 1.54) is 11.3 Å². The molecule has 9 heteroatoms. The van der Waals surface area contributed by atoms with Gasteiger partial charge in [-0.1, -0.05) is 12.1 Å². The van der Waals surface area contributed by atoms with Crippen LogP contribution in [0.1, 0.15) is 51.4 Å². The van der Waals surface area contributed by atoms with Crippen LogP contribution in [0.2, 0.25) is 0 Å². The molecular weight excluding hydrogens is 436 g/mol. The molecule has 2 N–H and O–H groups in total. The van der Waals surface area contributed by atoms with Crippen molar-refractivity contribution in [2.75, 3.05) is 31.7 Å². The highest BCUT2D eigenvalue weighted by Gasteiger charge is 2.28. The molecule has 0 unspecified atom stereocenters. The Morgan fingerprint density at radius 1 is 1.13 bits per heavy atom. The van der Waals surface area contributed by atoms with Crippen molar-refractivity contribution in [1.82, 2.24) is 5.32 Å². The topological polar surface area (TPSA) is 85.9 Å². The van der Waals surface area contributed by atoms with Gasteiger partial charge in [-0.3, -0.25) is 10.1 Å². The summed E-state index contributed by atoms with van der Waals surface area (Å²) in [7, 11) is 0. The molecule has 1 aromatic carbocycles. The van der Waals surface area contributed by atoms with Crippen molar-refractivity contribution in [2.24, 2.45) is 0 Å². The SMILES string of the molecule is CCOCCOc1ccccc1C(=O)NC(=S)Nc1sc2c(c1C(=O)OCC)CCC2. The van der Waals surface area contributed by atoms with Crippen molar-refractivity contribution in [3.8, 4) is 5.75 Å². The standard InChI is InChI=1S/C22H26N2O5S2/c1-3-27-12-13-29-16-10-6-5-8-14(16)19(25)23-22(30)24-20-18(21(26)28-4-2)15-9-7-11-17(15)31-20/h5-6,8,10H,3-4,7,9,11-13H2,1-2H3,(H2,23,24,25,30). The number of hydrogen-bond donors (Lipinski definition) is 2. The second-order valence-electron chi connectivity index (χ2n) is 6.73. The molecule has 0 saturated carbocycles. The predicted octanol–water partition coefficient (Wildman–Crippen LogP) is 3.96. The highest BCUT2D eigenvalue weighted by atomic mass is 32.1. The fraction of sp³-hybridized carbons (Fsp3) is 0.409. The van der Waals surface area contributed by atoms with E-state index < -0.39 is 5.91 Å². The zero-order chi connectivity index (χ0) is 22.2. The maximum Gasteiger partial charge on any atom is 0.341 e. The minimum absolute atomic E-state index is 0.111. The summed E-state index contributed by atoms with van der Waals surface area (Å²) in [6.45, 7) is 5.35. The van der Waals surface area contributed by atoms with Crippen LogP contribution in [0.4, 0.5) is 5.00 Å². The van der Waals surface area contributed by atoms with Gasteiger partial charge in [0.15, 0.2) is 5.11 Å². The fourth-order valence-corrected chi connectivity index (χ4v) is 4.89. The Labute approximate surface area is 191 Å². The molecule has 0 atom stereocenters. The molecule has 31 heavy (non-hydrogen) atoms. The van der Waals surface area contributed by atoms with Gasteiger partial charge in [-0.25, -0.2) is 4.79 Å². The van der Waals surface area contributed by atoms with Gasteiger partial charge in [0.1, 0.15) is 17.4 Å². The summed E-state index contributed by atoms with van der Waals surface area (Å²) in [4.78, 5) is 26.4. The van der Waals surface area contributed by atoms with Crippen LogP contribution in [0.3, 0.4) is 0 Å². The van der Waals surface area contributed by atoms with Crippen LogP contribution < -0.4 is 15.4 Å². The Kier molecular flexibility index (Phi) is 8.39. The molecule has 0 spiro atoms. The number of thiophene rings is 1. The minimum Gasteiger partial charge on any atom is -0.490 e. The highest BCUT2D eigenvalue weighted by molar-refractivity contribution is 7.80. The number of thiocarbonyl (C=S) groups is 1. The number of carbonyl (C=O) groups excluding carboxylic acids is 2. The molecule has 1 amide bonds. The lowest BCUT2D eigenvalue weighted by atomic mass is 10.1. The van der Waals surface area contributed by atoms with E-state index in [1.54, 1.807) is 31.2 Å². The molecule has 0 saturated heterocycles. The number of benzene rings is 1. The zero-order valence-electron chi connectivity index (χ0n) is 17.6. The lowest BCUT2D eigenvalue weighted by molar-refractivity contribution is 0.0527. The Bertz CT molecular complexity index is 957. The van der Waals surface area contributed by atoms with E-state index in [-0.39, 0.29) is 11.1 Å². The number of fused-ring (bicyclic) bond motifs is 1. The van der Waals surface area contributed by atoms with E-state index in [0.29, 0.717) is 48.3 Å². The van der Waals surface area contributed by atoms with E-state index in [9.17, 15) is 9.59 Å². The number of amides is 1. The van der Waals surface area contributed by atoms with Gasteiger partial charge in [-0.2, -0.15) is 0 Å². The third kappa shape index (κ3) is 5.81. The second kappa shape index (κ2) is 11.2. The number of rotatable bonds is 9. The molecule has 1 aliphatic carbocycles. The molecule has 1 heterocycles. The summed E-state index contributed by atoms with van der Waals surface area (Å²) in [5.74, 6) is -0.317. The monoisotopic (exact) mass is 462 g/mol. The van der Waals surface area contributed by atoms with Crippen molar-refractivity contribution in [3.05, 3.63) is 45.8 Å². The second-order valence-corrected chi connectivity index (χ2v) is 8.25. The van der Waals surface area contributed by atoms with Crippen molar-refractivity contribution in [1.29, 1.82) is 0 Å². The summed E-state index contributed by atoms with van der Waals surface area (Å²) in [6, 6.07) is 6.93. The van der Waals surface area contributed by atoms with Crippen LogP contribution in [0.5, 0.6) is 5.75 Å². The Morgan fingerprint density at radius 3 is 2.71 bits per heavy atom. The van der Waals surface area contributed by atoms with Gasteiger partial charge in [0.25, 0.3) is 5.91 Å². The fourth-order valence-electron chi connectivity index (χ4n) is 3.35. The summed E-state index contributed by atoms with van der Waals surface area (Å²) in [5.41, 5.74) is 1.91. The first-order valence-corrected chi connectivity index (χ1v) is 11.5. The van der Waals surface area contributed by atoms with Crippen molar-refractivity contribution < 1.29 is 23.8 Å². The summed E-state index contributed by atoms with van der Waals surface area (Å²) < 4.78 is 16.2. The molecular formula is C22H26N2O5S2. The van der Waals surface area contributed by atoms with Crippen molar-refractivity contribution in [3.63, 3.8) is 0 Å². The maximum atomic E-state index is 12.8. The molecule has 1 aromatic heterocycles.